The molecule has 1 aliphatic carbocycles. The van der Waals surface area contributed by atoms with Gasteiger partial charge in [0, 0.05) is 49.6 Å². The molecule has 3 aromatic heterocycles. The molecule has 0 fully saturated rings. The molecule has 14 rings (SSSR count). The van der Waals surface area contributed by atoms with Gasteiger partial charge in [-0.25, -0.2) is 4.98 Å². The number of hydrogen-bond donors (Lipinski definition) is 0. The Balaban J connectivity index is 1.18. The van der Waals surface area contributed by atoms with E-state index in [0.717, 1.165) is 50.5 Å². The summed E-state index contributed by atoms with van der Waals surface area (Å²) in [6, 6.07) is 95.5. The molecule has 0 unspecified atom stereocenters. The van der Waals surface area contributed by atoms with E-state index in [1.54, 1.807) is 0 Å². The summed E-state index contributed by atoms with van der Waals surface area (Å²) < 4.78 is 4.96. The summed E-state index contributed by atoms with van der Waals surface area (Å²) in [5.41, 5.74) is 20.0. The highest BCUT2D eigenvalue weighted by Gasteiger charge is 2.48. The second kappa shape index (κ2) is 15.5. The van der Waals surface area contributed by atoms with E-state index in [9.17, 15) is 0 Å². The van der Waals surface area contributed by atoms with Crippen molar-refractivity contribution < 1.29 is 0 Å². The number of pyridine rings is 1. The Morgan fingerprint density at radius 2 is 0.855 bits per heavy atom. The monoisotopic (exact) mass is 877 g/mol. The van der Waals surface area contributed by atoms with E-state index < -0.39 is 5.41 Å². The molecule has 13 aromatic rings. The van der Waals surface area contributed by atoms with Crippen LogP contribution >= 0.6 is 0 Å². The van der Waals surface area contributed by atoms with E-state index in [-0.39, 0.29) is 0 Å². The van der Waals surface area contributed by atoms with Gasteiger partial charge in [-0.05, 0) is 99.6 Å². The Kier molecular flexibility index (Phi) is 8.80. The second-order valence-electron chi connectivity index (χ2n) is 18.2. The van der Waals surface area contributed by atoms with Crippen molar-refractivity contribution >= 4 is 43.6 Å². The van der Waals surface area contributed by atoms with Gasteiger partial charge in [0.1, 0.15) is 0 Å². The van der Waals surface area contributed by atoms with E-state index in [1.807, 2.05) is 0 Å². The van der Waals surface area contributed by atoms with Crippen LogP contribution in [0, 0.1) is 0 Å². The van der Waals surface area contributed by atoms with Crippen LogP contribution in [0.1, 0.15) is 22.3 Å². The average Bonchev–Trinajstić information content (AvgIpc) is 4.06. The second-order valence-corrected chi connectivity index (χ2v) is 18.2. The molecule has 0 N–H and O–H groups in total. The molecule has 69 heavy (non-hydrogen) atoms. The molecule has 0 spiro atoms. The van der Waals surface area contributed by atoms with Gasteiger partial charge in [0.2, 0.25) is 0 Å². The quantitative estimate of drug-likeness (QED) is 0.156. The number of fused-ring (bicyclic) bond motifs is 10. The lowest BCUT2D eigenvalue weighted by molar-refractivity contribution is 0.769. The van der Waals surface area contributed by atoms with Crippen molar-refractivity contribution in [1.29, 1.82) is 0 Å². The third kappa shape index (κ3) is 5.84. The van der Waals surface area contributed by atoms with Gasteiger partial charge in [0.15, 0.2) is 0 Å². The lowest BCUT2D eigenvalue weighted by Gasteiger charge is -2.34. The smallest absolute Gasteiger partial charge is 0.0722 e. The summed E-state index contributed by atoms with van der Waals surface area (Å²) in [4.78, 5) is 5.70. The summed E-state index contributed by atoms with van der Waals surface area (Å²) in [6.45, 7) is 0. The van der Waals surface area contributed by atoms with Gasteiger partial charge in [-0.15, -0.1) is 0 Å². The topological polar surface area (TPSA) is 22.8 Å². The number of para-hydroxylation sites is 3. The van der Waals surface area contributed by atoms with Crippen molar-refractivity contribution in [3.05, 3.63) is 283 Å². The van der Waals surface area contributed by atoms with Crippen LogP contribution in [0.15, 0.2) is 261 Å². The van der Waals surface area contributed by atoms with Crippen molar-refractivity contribution in [1.82, 2.24) is 14.1 Å². The fourth-order valence-electron chi connectivity index (χ4n) is 11.7. The van der Waals surface area contributed by atoms with Gasteiger partial charge in [-0.2, -0.15) is 0 Å². The lowest BCUT2D eigenvalue weighted by Crippen LogP contribution is -2.28. The zero-order valence-corrected chi connectivity index (χ0v) is 37.7. The van der Waals surface area contributed by atoms with E-state index in [0.29, 0.717) is 0 Å². The molecule has 3 heteroatoms. The third-order valence-electron chi connectivity index (χ3n) is 14.6. The lowest BCUT2D eigenvalue weighted by atomic mass is 9.67. The van der Waals surface area contributed by atoms with Gasteiger partial charge >= 0.3 is 0 Å². The maximum absolute atomic E-state index is 5.70. The summed E-state index contributed by atoms with van der Waals surface area (Å²) in [6.07, 6.45) is 0. The molecular weight excluding hydrogens is 835 g/mol. The SMILES string of the molecule is c1ccc(-c2cc(-c3ccccc3)nc(-c3cc4c(c5c3c3ccccc3n5-c3ccc5c(c3)c3ccccc3n5-c3ccccc3)-c3ccccc3C4(c3ccccc3)c3ccccc3)c2)cc1. The highest BCUT2D eigenvalue weighted by Crippen LogP contribution is 2.60. The van der Waals surface area contributed by atoms with Crippen LogP contribution in [0.3, 0.4) is 0 Å². The first-order valence-electron chi connectivity index (χ1n) is 23.8. The predicted molar refractivity (Wildman–Crippen MR) is 287 cm³/mol. The Labute approximate surface area is 400 Å². The molecule has 0 atom stereocenters. The molecule has 322 valence electrons. The minimum absolute atomic E-state index is 0.648. The zero-order chi connectivity index (χ0) is 45.5. The molecule has 0 saturated carbocycles. The van der Waals surface area contributed by atoms with Crippen LogP contribution in [0.4, 0.5) is 0 Å². The van der Waals surface area contributed by atoms with Crippen LogP contribution in [-0.2, 0) is 5.41 Å². The van der Waals surface area contributed by atoms with Crippen LogP contribution < -0.4 is 0 Å². The molecule has 10 aromatic carbocycles. The minimum atomic E-state index is -0.648. The maximum atomic E-state index is 5.70. The Hall–Kier alpha value is -9.05. The number of aromatic nitrogens is 3. The van der Waals surface area contributed by atoms with Gasteiger partial charge in [0.25, 0.3) is 0 Å². The van der Waals surface area contributed by atoms with Crippen LogP contribution in [0.2, 0.25) is 0 Å². The molecule has 3 nitrogen and oxygen atoms in total. The van der Waals surface area contributed by atoms with Crippen molar-refractivity contribution in [2.45, 2.75) is 5.41 Å². The Morgan fingerprint density at radius 3 is 1.55 bits per heavy atom. The summed E-state index contributed by atoms with van der Waals surface area (Å²) >= 11 is 0. The molecule has 0 bridgehead atoms. The Bertz CT molecular complexity index is 4000. The van der Waals surface area contributed by atoms with Crippen molar-refractivity contribution in [2.24, 2.45) is 0 Å². The number of nitrogens with zero attached hydrogens (tertiary/aromatic N) is 3. The molecule has 1 aliphatic rings. The highest BCUT2D eigenvalue weighted by atomic mass is 15.0. The molecule has 0 amide bonds. The van der Waals surface area contributed by atoms with Crippen molar-refractivity contribution in [2.75, 3.05) is 0 Å². The van der Waals surface area contributed by atoms with Crippen molar-refractivity contribution in [3.8, 4) is 56.1 Å². The van der Waals surface area contributed by atoms with Crippen molar-refractivity contribution in [3.63, 3.8) is 0 Å². The maximum Gasteiger partial charge on any atom is 0.0722 e. The number of rotatable bonds is 7. The summed E-state index contributed by atoms with van der Waals surface area (Å²) in [5, 5.41) is 4.79. The normalized spacial score (nSPS) is 12.8. The fourth-order valence-corrected chi connectivity index (χ4v) is 11.7. The van der Waals surface area contributed by atoms with Crippen LogP contribution in [0.25, 0.3) is 99.8 Å². The van der Waals surface area contributed by atoms with Gasteiger partial charge in [-0.1, -0.05) is 200 Å². The molecule has 3 heterocycles. The number of hydrogen-bond acceptors (Lipinski definition) is 1. The molecule has 0 aliphatic heterocycles. The van der Waals surface area contributed by atoms with Gasteiger partial charge in [-0.3, -0.25) is 0 Å². The van der Waals surface area contributed by atoms with Gasteiger partial charge in [0.05, 0.1) is 38.9 Å². The van der Waals surface area contributed by atoms with E-state index in [2.05, 4.69) is 270 Å². The third-order valence-corrected chi connectivity index (χ3v) is 14.6. The average molecular weight is 878 g/mol. The first-order valence-corrected chi connectivity index (χ1v) is 23.8. The van der Waals surface area contributed by atoms with Crippen LogP contribution in [-0.4, -0.2) is 14.1 Å². The highest BCUT2D eigenvalue weighted by molar-refractivity contribution is 6.22. The summed E-state index contributed by atoms with van der Waals surface area (Å²) in [7, 11) is 0. The first-order chi connectivity index (χ1) is 34.3. The summed E-state index contributed by atoms with van der Waals surface area (Å²) in [5.74, 6) is 0. The van der Waals surface area contributed by atoms with Crippen LogP contribution in [0.5, 0.6) is 0 Å². The molecular formula is C66H43N3. The predicted octanol–water partition coefficient (Wildman–Crippen LogP) is 16.6. The largest absolute Gasteiger partial charge is 0.309 e. The first kappa shape index (κ1) is 39.1. The Morgan fingerprint density at radius 1 is 0.319 bits per heavy atom. The molecule has 0 saturated heterocycles. The zero-order valence-electron chi connectivity index (χ0n) is 37.7. The molecule has 0 radical (unpaired) electrons. The standard InChI is InChI=1S/C66H43N3/c1-6-22-44(23-7-1)46-40-58(45-24-8-2-9-25-45)67-59(41-46)55-43-57-64(52-33-16-19-35-56(52)66(57,47-26-10-3-11-27-47)48-28-12-4-13-29-48)65-63(55)53-34-18-21-37-61(53)69(65)50-38-39-62-54(42-50)51-32-17-20-36-60(51)68(62)49-30-14-5-15-31-49/h1-43H. The number of benzene rings is 10. The van der Waals surface area contributed by atoms with E-state index >= 15 is 0 Å². The van der Waals surface area contributed by atoms with Gasteiger partial charge < -0.3 is 9.13 Å². The van der Waals surface area contributed by atoms with E-state index in [4.69, 9.17) is 4.98 Å². The fraction of sp³-hybridized carbons (Fsp3) is 0.0152. The minimum Gasteiger partial charge on any atom is -0.309 e. The van der Waals surface area contributed by atoms with E-state index in [1.165, 1.54) is 71.5 Å².